The Morgan fingerprint density at radius 2 is 1.67 bits per heavy atom. The van der Waals surface area contributed by atoms with Crippen LogP contribution >= 0.6 is 11.6 Å². The third-order valence-electron chi connectivity index (χ3n) is 5.78. The van der Waals surface area contributed by atoms with Crippen molar-refractivity contribution in [3.05, 3.63) is 94.0 Å². The van der Waals surface area contributed by atoms with E-state index >= 15 is 0 Å². The highest BCUT2D eigenvalue weighted by Crippen LogP contribution is 2.30. The van der Waals surface area contributed by atoms with Crippen LogP contribution in [0.3, 0.4) is 0 Å². The first-order valence-corrected chi connectivity index (χ1v) is 13.0. The topological polar surface area (TPSA) is 94.2 Å². The molecular formula is C30H29ClN2O6. The number of hydrogen-bond donors (Lipinski definition) is 1. The molecule has 9 heteroatoms. The van der Waals surface area contributed by atoms with E-state index in [2.05, 4.69) is 5.32 Å². The molecule has 3 aromatic carbocycles. The summed E-state index contributed by atoms with van der Waals surface area (Å²) >= 11 is 6.01. The number of nitrogens with one attached hydrogen (secondary N) is 1. The Morgan fingerprint density at radius 1 is 0.872 bits per heavy atom. The highest BCUT2D eigenvalue weighted by atomic mass is 35.5. The Morgan fingerprint density at radius 3 is 2.38 bits per heavy atom. The molecule has 202 valence electrons. The van der Waals surface area contributed by atoms with Gasteiger partial charge in [0, 0.05) is 5.02 Å². The zero-order valence-electron chi connectivity index (χ0n) is 21.7. The zero-order chi connectivity index (χ0) is 27.8. The monoisotopic (exact) mass is 548 g/mol. The fourth-order valence-electron chi connectivity index (χ4n) is 3.89. The maximum Gasteiger partial charge on any atom is 0.331 e. The van der Waals surface area contributed by atoms with Gasteiger partial charge in [-0.2, -0.15) is 0 Å². The number of carbonyl (C=O) groups is 3. The fourth-order valence-corrected chi connectivity index (χ4v) is 4.10. The number of barbiturate groups is 1. The van der Waals surface area contributed by atoms with E-state index in [1.165, 1.54) is 6.08 Å². The summed E-state index contributed by atoms with van der Waals surface area (Å²) in [5.41, 5.74) is 2.05. The van der Waals surface area contributed by atoms with Crippen LogP contribution in [0.5, 0.6) is 17.2 Å². The summed E-state index contributed by atoms with van der Waals surface area (Å²) in [6.07, 6.45) is 2.29. The van der Waals surface area contributed by atoms with Gasteiger partial charge in [-0.3, -0.25) is 19.8 Å². The molecule has 0 radical (unpaired) electrons. The second kappa shape index (κ2) is 13.0. The van der Waals surface area contributed by atoms with Gasteiger partial charge in [0.25, 0.3) is 11.8 Å². The molecule has 1 aliphatic heterocycles. The van der Waals surface area contributed by atoms with E-state index in [-0.39, 0.29) is 12.1 Å². The minimum atomic E-state index is -0.781. The molecule has 0 bridgehead atoms. The molecule has 0 spiro atoms. The van der Waals surface area contributed by atoms with Gasteiger partial charge in [0.2, 0.25) is 0 Å². The van der Waals surface area contributed by atoms with Crippen molar-refractivity contribution in [1.29, 1.82) is 0 Å². The van der Waals surface area contributed by atoms with E-state index < -0.39 is 17.8 Å². The van der Waals surface area contributed by atoms with Gasteiger partial charge in [-0.05, 0) is 72.5 Å². The normalized spacial score (nSPS) is 14.4. The van der Waals surface area contributed by atoms with E-state index in [9.17, 15) is 14.4 Å². The van der Waals surface area contributed by atoms with Crippen LogP contribution < -0.4 is 19.5 Å². The van der Waals surface area contributed by atoms with Gasteiger partial charge in [0.05, 0.1) is 19.8 Å². The summed E-state index contributed by atoms with van der Waals surface area (Å²) in [4.78, 5) is 39.3. The molecule has 1 fully saturated rings. The van der Waals surface area contributed by atoms with Crippen LogP contribution in [0.15, 0.2) is 72.3 Å². The van der Waals surface area contributed by atoms with E-state index in [1.54, 1.807) is 48.5 Å². The summed E-state index contributed by atoms with van der Waals surface area (Å²) in [5.74, 6) is 0.297. The minimum Gasteiger partial charge on any atom is -0.490 e. The molecule has 0 aliphatic carbocycles. The number of carbonyl (C=O) groups excluding carboxylic acids is 3. The standard InChI is InChI=1S/C30H29ClN2O6/c1-3-14-38-26-13-10-21(17-27(26)37-4-2)18-33-29(35)25(28(34)32-30(33)36)16-20-8-11-24(12-9-20)39-19-22-6-5-7-23(31)15-22/h5-13,15-17H,3-4,14,18-19H2,1-2H3,(H,32,34,36)/b25-16+. The number of rotatable bonds is 11. The number of halogens is 1. The highest BCUT2D eigenvalue weighted by molar-refractivity contribution is 6.31. The predicted octanol–water partition coefficient (Wildman–Crippen LogP) is 5.77. The van der Waals surface area contributed by atoms with Gasteiger partial charge < -0.3 is 14.2 Å². The summed E-state index contributed by atoms with van der Waals surface area (Å²) in [5, 5.41) is 2.88. The molecule has 0 atom stereocenters. The van der Waals surface area contributed by atoms with Crippen LogP contribution in [0, 0.1) is 0 Å². The molecule has 3 aromatic rings. The van der Waals surface area contributed by atoms with Crippen molar-refractivity contribution in [1.82, 2.24) is 10.2 Å². The smallest absolute Gasteiger partial charge is 0.331 e. The maximum atomic E-state index is 13.2. The second-order valence-corrected chi connectivity index (χ2v) is 9.20. The lowest BCUT2D eigenvalue weighted by molar-refractivity contribution is -0.130. The molecule has 1 aliphatic rings. The molecule has 1 heterocycles. The number of imide groups is 2. The molecule has 4 amide bonds. The Labute approximate surface area is 232 Å². The first-order chi connectivity index (χ1) is 18.9. The van der Waals surface area contributed by atoms with Crippen LogP contribution in [0.4, 0.5) is 4.79 Å². The van der Waals surface area contributed by atoms with Gasteiger partial charge >= 0.3 is 6.03 Å². The van der Waals surface area contributed by atoms with Crippen molar-refractivity contribution >= 4 is 35.5 Å². The molecule has 1 saturated heterocycles. The fraction of sp³-hybridized carbons (Fsp3) is 0.233. The molecule has 8 nitrogen and oxygen atoms in total. The summed E-state index contributed by atoms with van der Waals surface area (Å²) < 4.78 is 17.2. The number of benzene rings is 3. The first kappa shape index (κ1) is 27.7. The van der Waals surface area contributed by atoms with Gasteiger partial charge in [-0.1, -0.05) is 48.9 Å². The van der Waals surface area contributed by atoms with E-state index in [0.717, 1.165) is 16.9 Å². The highest BCUT2D eigenvalue weighted by Gasteiger charge is 2.35. The molecule has 0 unspecified atom stereocenters. The zero-order valence-corrected chi connectivity index (χ0v) is 22.5. The second-order valence-electron chi connectivity index (χ2n) is 8.76. The van der Waals surface area contributed by atoms with Gasteiger partial charge in [0.1, 0.15) is 17.9 Å². The van der Waals surface area contributed by atoms with Crippen LogP contribution in [-0.2, 0) is 22.7 Å². The number of ether oxygens (including phenoxy) is 3. The minimum absolute atomic E-state index is 0.0420. The Balaban J connectivity index is 1.47. The Bertz CT molecular complexity index is 1390. The van der Waals surface area contributed by atoms with Crippen LogP contribution in [0.1, 0.15) is 37.0 Å². The Hall–Kier alpha value is -4.30. The van der Waals surface area contributed by atoms with Gasteiger partial charge in [-0.15, -0.1) is 0 Å². The van der Waals surface area contributed by atoms with Crippen LogP contribution in [-0.4, -0.2) is 36.0 Å². The summed E-state index contributed by atoms with van der Waals surface area (Å²) in [7, 11) is 0. The summed E-state index contributed by atoms with van der Waals surface area (Å²) in [6, 6.07) is 18.8. The first-order valence-electron chi connectivity index (χ1n) is 12.6. The van der Waals surface area contributed by atoms with Crippen LogP contribution in [0.2, 0.25) is 5.02 Å². The quantitative estimate of drug-likeness (QED) is 0.241. The largest absolute Gasteiger partial charge is 0.490 e. The Kier molecular flexibility index (Phi) is 9.22. The number of hydrogen-bond acceptors (Lipinski definition) is 6. The van der Waals surface area contributed by atoms with Crippen molar-refractivity contribution in [2.24, 2.45) is 0 Å². The predicted molar refractivity (Wildman–Crippen MR) is 148 cm³/mol. The maximum absolute atomic E-state index is 13.2. The lowest BCUT2D eigenvalue weighted by Gasteiger charge is -2.26. The van der Waals surface area contributed by atoms with Crippen molar-refractivity contribution in [2.45, 2.75) is 33.4 Å². The molecule has 39 heavy (non-hydrogen) atoms. The summed E-state index contributed by atoms with van der Waals surface area (Å²) in [6.45, 7) is 5.14. The third-order valence-corrected chi connectivity index (χ3v) is 6.02. The molecule has 0 saturated carbocycles. The van der Waals surface area contributed by atoms with E-state index in [1.807, 2.05) is 32.0 Å². The molecule has 1 N–H and O–H groups in total. The van der Waals surface area contributed by atoms with E-state index in [4.69, 9.17) is 25.8 Å². The average molecular weight is 549 g/mol. The van der Waals surface area contributed by atoms with Crippen molar-refractivity contribution in [3.63, 3.8) is 0 Å². The van der Waals surface area contributed by atoms with Crippen molar-refractivity contribution < 1.29 is 28.6 Å². The van der Waals surface area contributed by atoms with Gasteiger partial charge in [-0.25, -0.2) is 4.79 Å². The average Bonchev–Trinajstić information content (AvgIpc) is 2.92. The van der Waals surface area contributed by atoms with Crippen molar-refractivity contribution in [2.75, 3.05) is 13.2 Å². The van der Waals surface area contributed by atoms with Crippen LogP contribution in [0.25, 0.3) is 6.08 Å². The van der Waals surface area contributed by atoms with Gasteiger partial charge in [0.15, 0.2) is 11.5 Å². The molecular weight excluding hydrogens is 520 g/mol. The van der Waals surface area contributed by atoms with Crippen molar-refractivity contribution in [3.8, 4) is 17.2 Å². The number of amides is 4. The third kappa shape index (κ3) is 7.18. The number of nitrogens with zero attached hydrogens (tertiary/aromatic N) is 1. The number of urea groups is 1. The molecule has 0 aromatic heterocycles. The van der Waals surface area contributed by atoms with E-state index in [0.29, 0.717) is 53.2 Å². The SMILES string of the molecule is CCCOc1ccc(CN2C(=O)NC(=O)/C(=C\c3ccc(OCc4cccc(Cl)c4)cc3)C2=O)cc1OCC. The lowest BCUT2D eigenvalue weighted by Crippen LogP contribution is -2.53. The lowest BCUT2D eigenvalue weighted by atomic mass is 10.1. The molecule has 4 rings (SSSR count).